The number of aromatic nitrogens is 3. The quantitative estimate of drug-likeness (QED) is 0.783. The number of rotatable bonds is 4. The smallest absolute Gasteiger partial charge is 0.410 e. The Kier molecular flexibility index (Phi) is 6.19. The zero-order chi connectivity index (χ0) is 22.9. The van der Waals surface area contributed by atoms with Crippen LogP contribution in [0, 0.1) is 5.92 Å². The minimum atomic E-state index is -0.478. The number of fused-ring (bicyclic) bond motifs is 1. The first kappa shape index (κ1) is 22.3. The summed E-state index contributed by atoms with van der Waals surface area (Å²) in [7, 11) is 3.66. The number of nitrogens with one attached hydrogen (secondary N) is 1. The number of anilines is 1. The van der Waals surface area contributed by atoms with Crippen LogP contribution in [0.1, 0.15) is 33.6 Å². The van der Waals surface area contributed by atoms with Gasteiger partial charge in [0, 0.05) is 51.1 Å². The predicted octanol–water partition coefficient (Wildman–Crippen LogP) is 3.38. The Bertz CT molecular complexity index is 1030. The molecule has 9 nitrogen and oxygen atoms in total. The summed E-state index contributed by atoms with van der Waals surface area (Å²) in [4.78, 5) is 27.6. The fraction of sp³-hybridized carbons (Fsp3) is 0.565. The largest absolute Gasteiger partial charge is 0.444 e. The van der Waals surface area contributed by atoms with E-state index >= 15 is 0 Å². The standard InChI is InChI=1S/C23H32N6O3/c1-23(2,3)32-22(30)29-8-6-15(7-9-29)16-10-20(31-5)18(13-24-16)27-21-11-19-17(12-25-21)26-14-28(19)4/h10-15,18,20H,6-9H2,1-5H3,(H,25,27)/t18?,20-/m0/s1. The third kappa shape index (κ3) is 4.93. The molecule has 9 heteroatoms. The van der Waals surface area contributed by atoms with Gasteiger partial charge in [-0.15, -0.1) is 0 Å². The third-order valence-corrected chi connectivity index (χ3v) is 5.84. The summed E-state index contributed by atoms with van der Waals surface area (Å²) in [5, 5.41) is 3.42. The van der Waals surface area contributed by atoms with Crippen LogP contribution in [0.2, 0.25) is 0 Å². The molecule has 2 aliphatic heterocycles. The molecular formula is C23H32N6O3. The number of carbonyl (C=O) groups excluding carboxylic acids is 1. The molecule has 1 fully saturated rings. The van der Waals surface area contributed by atoms with E-state index < -0.39 is 5.60 Å². The second kappa shape index (κ2) is 8.90. The van der Waals surface area contributed by atoms with Crippen molar-refractivity contribution in [3.8, 4) is 0 Å². The molecular weight excluding hydrogens is 408 g/mol. The summed E-state index contributed by atoms with van der Waals surface area (Å²) < 4.78 is 13.2. The number of methoxy groups -OCH3 is 1. The number of allylic oxidation sites excluding steroid dienone is 1. The number of carbonyl (C=O) groups is 1. The van der Waals surface area contributed by atoms with Crippen LogP contribution >= 0.6 is 0 Å². The van der Waals surface area contributed by atoms with Gasteiger partial charge in [-0.1, -0.05) is 0 Å². The van der Waals surface area contributed by atoms with Gasteiger partial charge in [0.2, 0.25) is 0 Å². The average Bonchev–Trinajstić information content (AvgIpc) is 3.13. The summed E-state index contributed by atoms with van der Waals surface area (Å²) >= 11 is 0. The first-order valence-electron chi connectivity index (χ1n) is 11.0. The predicted molar refractivity (Wildman–Crippen MR) is 124 cm³/mol. The maximum absolute atomic E-state index is 12.3. The number of amides is 1. The molecule has 0 radical (unpaired) electrons. The lowest BCUT2D eigenvalue weighted by Gasteiger charge is -2.35. The Morgan fingerprint density at radius 1 is 1.22 bits per heavy atom. The molecule has 1 amide bonds. The lowest BCUT2D eigenvalue weighted by molar-refractivity contribution is 0.0193. The monoisotopic (exact) mass is 440 g/mol. The molecule has 2 aliphatic rings. The first-order chi connectivity index (χ1) is 15.2. The molecule has 1 unspecified atom stereocenters. The molecule has 0 bridgehead atoms. The minimum absolute atomic E-state index is 0.122. The topological polar surface area (TPSA) is 93.9 Å². The Labute approximate surface area is 188 Å². The molecule has 0 aliphatic carbocycles. The Balaban J connectivity index is 1.38. The van der Waals surface area contributed by atoms with E-state index in [9.17, 15) is 4.79 Å². The highest BCUT2D eigenvalue weighted by Crippen LogP contribution is 2.29. The summed E-state index contributed by atoms with van der Waals surface area (Å²) in [6, 6.07) is 1.86. The van der Waals surface area contributed by atoms with Gasteiger partial charge in [-0.2, -0.15) is 0 Å². The van der Waals surface area contributed by atoms with Gasteiger partial charge in [0.15, 0.2) is 0 Å². The second-order valence-corrected chi connectivity index (χ2v) is 9.40. The average molecular weight is 441 g/mol. The normalized spacial score (nSPS) is 22.2. The van der Waals surface area contributed by atoms with Crippen molar-refractivity contribution in [1.82, 2.24) is 19.4 Å². The van der Waals surface area contributed by atoms with Crippen molar-refractivity contribution in [3.63, 3.8) is 0 Å². The van der Waals surface area contributed by atoms with E-state index in [0.29, 0.717) is 19.0 Å². The van der Waals surface area contributed by atoms with Gasteiger partial charge in [-0.05, 0) is 39.7 Å². The van der Waals surface area contributed by atoms with Crippen LogP contribution in [-0.4, -0.2) is 69.7 Å². The molecule has 32 heavy (non-hydrogen) atoms. The van der Waals surface area contributed by atoms with Crippen molar-refractivity contribution in [2.24, 2.45) is 18.0 Å². The zero-order valence-electron chi connectivity index (χ0n) is 19.4. The van der Waals surface area contributed by atoms with Gasteiger partial charge in [-0.3, -0.25) is 4.99 Å². The maximum atomic E-state index is 12.3. The van der Waals surface area contributed by atoms with Crippen LogP contribution in [0.4, 0.5) is 10.6 Å². The van der Waals surface area contributed by atoms with Gasteiger partial charge in [-0.25, -0.2) is 14.8 Å². The van der Waals surface area contributed by atoms with Gasteiger partial charge >= 0.3 is 6.09 Å². The summed E-state index contributed by atoms with van der Waals surface area (Å²) in [6.07, 6.45) is 8.85. The van der Waals surface area contributed by atoms with Crippen molar-refractivity contribution in [2.45, 2.75) is 51.4 Å². The fourth-order valence-corrected chi connectivity index (χ4v) is 4.11. The SMILES string of the molecule is CO[C@H]1C=C(C2CCN(C(=O)OC(C)(C)C)CC2)N=CC1Nc1cc2c(cn1)ncn2C. The van der Waals surface area contributed by atoms with Crippen LogP contribution in [0.15, 0.2) is 35.4 Å². The van der Waals surface area contributed by atoms with Crippen LogP contribution in [0.5, 0.6) is 0 Å². The van der Waals surface area contributed by atoms with Gasteiger partial charge in [0.25, 0.3) is 0 Å². The highest BCUT2D eigenvalue weighted by molar-refractivity contribution is 5.79. The molecule has 2 aromatic rings. The lowest BCUT2D eigenvalue weighted by atomic mass is 9.91. The van der Waals surface area contributed by atoms with E-state index in [1.165, 1.54) is 0 Å². The number of aryl methyl sites for hydroxylation is 1. The number of imidazole rings is 1. The van der Waals surface area contributed by atoms with Crippen LogP contribution < -0.4 is 5.32 Å². The van der Waals surface area contributed by atoms with E-state index in [1.807, 2.05) is 44.7 Å². The molecule has 0 aromatic carbocycles. The van der Waals surface area contributed by atoms with E-state index in [-0.39, 0.29) is 18.2 Å². The lowest BCUT2D eigenvalue weighted by Crippen LogP contribution is -2.43. The van der Waals surface area contributed by atoms with Crippen molar-refractivity contribution in [3.05, 3.63) is 30.4 Å². The number of piperidine rings is 1. The number of hydrogen-bond donors (Lipinski definition) is 1. The van der Waals surface area contributed by atoms with Crippen molar-refractivity contribution < 1.29 is 14.3 Å². The number of ether oxygens (including phenoxy) is 2. The molecule has 2 atom stereocenters. The number of likely N-dealkylation sites (tertiary alicyclic amines) is 1. The number of aliphatic imine (C=N–C) groups is 1. The van der Waals surface area contributed by atoms with Crippen molar-refractivity contribution >= 4 is 29.2 Å². The maximum Gasteiger partial charge on any atom is 0.410 e. The number of nitrogens with zero attached hydrogens (tertiary/aromatic N) is 5. The molecule has 172 valence electrons. The van der Waals surface area contributed by atoms with Crippen molar-refractivity contribution in [1.29, 1.82) is 0 Å². The van der Waals surface area contributed by atoms with Crippen LogP contribution in [0.3, 0.4) is 0 Å². The Hall–Kier alpha value is -2.94. The van der Waals surface area contributed by atoms with Gasteiger partial charge in [0.05, 0.1) is 24.1 Å². The molecule has 4 heterocycles. The van der Waals surface area contributed by atoms with E-state index in [4.69, 9.17) is 14.5 Å². The first-order valence-corrected chi connectivity index (χ1v) is 11.0. The van der Waals surface area contributed by atoms with E-state index in [0.717, 1.165) is 35.4 Å². The Morgan fingerprint density at radius 2 is 1.97 bits per heavy atom. The minimum Gasteiger partial charge on any atom is -0.444 e. The van der Waals surface area contributed by atoms with E-state index in [2.05, 4.69) is 21.4 Å². The molecule has 0 saturated carbocycles. The highest BCUT2D eigenvalue weighted by Gasteiger charge is 2.31. The summed E-state index contributed by atoms with van der Waals surface area (Å²) in [5.74, 6) is 1.05. The molecule has 1 saturated heterocycles. The molecule has 0 spiro atoms. The zero-order valence-corrected chi connectivity index (χ0v) is 19.4. The molecule has 1 N–H and O–H groups in total. The van der Waals surface area contributed by atoms with Crippen LogP contribution in [-0.2, 0) is 16.5 Å². The number of pyridine rings is 1. The van der Waals surface area contributed by atoms with Gasteiger partial charge in [0.1, 0.15) is 23.0 Å². The summed E-state index contributed by atoms with van der Waals surface area (Å²) in [6.45, 7) is 7.00. The van der Waals surface area contributed by atoms with Crippen LogP contribution in [0.25, 0.3) is 11.0 Å². The number of hydrogen-bond acceptors (Lipinski definition) is 7. The third-order valence-electron chi connectivity index (χ3n) is 5.84. The van der Waals surface area contributed by atoms with Crippen molar-refractivity contribution in [2.75, 3.05) is 25.5 Å². The highest BCUT2D eigenvalue weighted by atomic mass is 16.6. The Morgan fingerprint density at radius 3 is 2.66 bits per heavy atom. The molecule has 4 rings (SSSR count). The van der Waals surface area contributed by atoms with E-state index in [1.54, 1.807) is 24.5 Å². The summed E-state index contributed by atoms with van der Waals surface area (Å²) in [5.41, 5.74) is 2.41. The van der Waals surface area contributed by atoms with Gasteiger partial charge < -0.3 is 24.3 Å². The second-order valence-electron chi connectivity index (χ2n) is 9.40. The molecule has 2 aromatic heterocycles. The fourth-order valence-electron chi connectivity index (χ4n) is 4.11.